The quantitative estimate of drug-likeness (QED) is 0.171. The molecule has 0 fully saturated rings. The largest absolute Gasteiger partial charge is 0.492 e. The van der Waals surface area contributed by atoms with Crippen LogP contribution in [0.25, 0.3) is 0 Å². The average molecular weight is 634 g/mol. The molecule has 8 N–H and O–H groups in total. The van der Waals surface area contributed by atoms with E-state index in [-0.39, 0.29) is 56.9 Å². The van der Waals surface area contributed by atoms with E-state index in [9.17, 15) is 32.6 Å². The van der Waals surface area contributed by atoms with Crippen LogP contribution in [0.1, 0.15) is 61.8 Å². The molecule has 0 aromatic heterocycles. The lowest BCUT2D eigenvalue weighted by Crippen LogP contribution is -2.49. The number of halogens is 3. The molecule has 14 heteroatoms. The van der Waals surface area contributed by atoms with Crippen LogP contribution in [0.2, 0.25) is 0 Å². The number of rotatable bonds is 16. The van der Waals surface area contributed by atoms with Crippen molar-refractivity contribution in [3.63, 3.8) is 0 Å². The molecule has 3 rings (SSSR count). The van der Waals surface area contributed by atoms with Crippen LogP contribution in [-0.2, 0) is 43.7 Å². The van der Waals surface area contributed by atoms with Gasteiger partial charge >= 0.3 is 13.3 Å². The van der Waals surface area contributed by atoms with Gasteiger partial charge in [0.1, 0.15) is 0 Å². The van der Waals surface area contributed by atoms with Gasteiger partial charge in [-0.15, -0.1) is 0 Å². The van der Waals surface area contributed by atoms with E-state index in [4.69, 9.17) is 21.9 Å². The minimum atomic E-state index is -4.47. The maximum Gasteiger partial charge on any atom is 0.492 e. The van der Waals surface area contributed by atoms with Crippen molar-refractivity contribution in [2.24, 2.45) is 17.2 Å². The zero-order valence-electron chi connectivity index (χ0n) is 25.7. The van der Waals surface area contributed by atoms with Gasteiger partial charge in [-0.05, 0) is 73.8 Å². The first-order valence-electron chi connectivity index (χ1n) is 15.1. The minimum absolute atomic E-state index is 0.00809. The second-order valence-corrected chi connectivity index (χ2v) is 11.8. The maximum absolute atomic E-state index is 13.4. The van der Waals surface area contributed by atoms with Crippen molar-refractivity contribution in [1.29, 1.82) is 0 Å². The van der Waals surface area contributed by atoms with Crippen molar-refractivity contribution in [3.8, 4) is 0 Å². The van der Waals surface area contributed by atoms with Gasteiger partial charge < -0.3 is 37.1 Å². The lowest BCUT2D eigenvalue weighted by atomic mass is 9.77. The average Bonchev–Trinajstić information content (AvgIpc) is 3.22. The van der Waals surface area contributed by atoms with E-state index >= 15 is 0 Å². The van der Waals surface area contributed by atoms with Crippen molar-refractivity contribution in [2.75, 3.05) is 26.2 Å². The van der Waals surface area contributed by atoms with Gasteiger partial charge in [0, 0.05) is 39.0 Å². The standard InChI is InChI=1S/C31H43BF3N5O5/c1-30(2)23-19-21(5-10-24(23)32(44)45-30)7-13-27(41)26(12-6-20-3-8-22(9-4-20)31(33,34)35)39-29(43)25(38)11-14-28(42)40(17-15-36)18-16-37/h3-5,8-10,19,25-26,44H,6-7,11-18,36-38H2,1-2H3,(H,39,43)/t25-,26+/m0/s1. The van der Waals surface area contributed by atoms with Crippen LogP contribution >= 0.6 is 0 Å². The van der Waals surface area contributed by atoms with Crippen LogP contribution in [0, 0.1) is 0 Å². The smallest absolute Gasteiger partial charge is 0.423 e. The molecule has 1 aliphatic rings. The fourth-order valence-electron chi connectivity index (χ4n) is 5.35. The van der Waals surface area contributed by atoms with Gasteiger partial charge in [0.05, 0.1) is 23.2 Å². The van der Waals surface area contributed by atoms with Gasteiger partial charge in [0.25, 0.3) is 0 Å². The first-order valence-corrected chi connectivity index (χ1v) is 15.1. The number of ketones is 1. The highest BCUT2D eigenvalue weighted by molar-refractivity contribution is 6.61. The highest BCUT2D eigenvalue weighted by Crippen LogP contribution is 2.31. The van der Waals surface area contributed by atoms with E-state index < -0.39 is 42.5 Å². The highest BCUT2D eigenvalue weighted by atomic mass is 19.4. The number of hydrogen-bond donors (Lipinski definition) is 5. The van der Waals surface area contributed by atoms with Gasteiger partial charge in [0.15, 0.2) is 5.78 Å². The number of nitrogens with zero attached hydrogens (tertiary/aromatic N) is 1. The van der Waals surface area contributed by atoms with E-state index in [1.54, 1.807) is 12.1 Å². The summed E-state index contributed by atoms with van der Waals surface area (Å²) in [5.74, 6) is -1.12. The number of hydrogen-bond acceptors (Lipinski definition) is 8. The molecule has 0 saturated heterocycles. The second-order valence-electron chi connectivity index (χ2n) is 11.8. The van der Waals surface area contributed by atoms with Gasteiger partial charge in [-0.2, -0.15) is 13.2 Å². The summed E-state index contributed by atoms with van der Waals surface area (Å²) in [5, 5.41) is 12.9. The Bertz CT molecular complexity index is 1320. The third-order valence-corrected chi connectivity index (χ3v) is 7.96. The Morgan fingerprint density at radius 3 is 2.20 bits per heavy atom. The number of nitrogens with two attached hydrogens (primary N) is 3. The van der Waals surface area contributed by atoms with Crippen molar-refractivity contribution >= 4 is 30.2 Å². The van der Waals surface area contributed by atoms with Crippen molar-refractivity contribution < 1.29 is 37.2 Å². The minimum Gasteiger partial charge on any atom is -0.423 e. The summed E-state index contributed by atoms with van der Waals surface area (Å²) in [6.45, 7) is 4.86. The summed E-state index contributed by atoms with van der Waals surface area (Å²) >= 11 is 0. The first kappa shape index (κ1) is 36.2. The third-order valence-electron chi connectivity index (χ3n) is 7.96. The number of benzene rings is 2. The monoisotopic (exact) mass is 633 g/mol. The zero-order chi connectivity index (χ0) is 33.4. The zero-order valence-corrected chi connectivity index (χ0v) is 25.7. The summed E-state index contributed by atoms with van der Waals surface area (Å²) in [7, 11) is -1.03. The molecule has 246 valence electrons. The summed E-state index contributed by atoms with van der Waals surface area (Å²) in [6, 6.07) is 8.09. The van der Waals surface area contributed by atoms with Crippen LogP contribution in [-0.4, -0.2) is 72.9 Å². The molecule has 2 aromatic rings. The molecular formula is C31H43BF3N5O5. The van der Waals surface area contributed by atoms with E-state index in [1.165, 1.54) is 17.0 Å². The molecule has 0 bridgehead atoms. The Hall–Kier alpha value is -3.30. The van der Waals surface area contributed by atoms with Crippen LogP contribution in [0.4, 0.5) is 13.2 Å². The van der Waals surface area contributed by atoms with Gasteiger partial charge in [-0.1, -0.05) is 30.3 Å². The molecule has 0 unspecified atom stereocenters. The number of carbonyl (C=O) groups excluding carboxylic acids is 3. The molecule has 1 aliphatic heterocycles. The Morgan fingerprint density at radius 1 is 0.978 bits per heavy atom. The maximum atomic E-state index is 13.4. The topological polar surface area (TPSA) is 174 Å². The molecule has 2 aromatic carbocycles. The fourth-order valence-corrected chi connectivity index (χ4v) is 5.35. The SMILES string of the molecule is CC1(C)OB(O)c2ccc(CCC(=O)[C@@H](CCc3ccc(C(F)(F)F)cc3)NC(=O)[C@@H](N)CCC(=O)N(CCN)CCN)cc21. The van der Waals surface area contributed by atoms with Crippen LogP contribution in [0.5, 0.6) is 0 Å². The highest BCUT2D eigenvalue weighted by Gasteiger charge is 2.40. The molecule has 2 amide bonds. The molecule has 0 saturated carbocycles. The number of Topliss-reactive ketones (excluding diaryl/α,β-unsaturated/α-hetero) is 1. The number of amides is 2. The molecule has 0 aliphatic carbocycles. The first-order chi connectivity index (χ1) is 21.2. The summed E-state index contributed by atoms with van der Waals surface area (Å²) in [5.41, 5.74) is 18.7. The lowest BCUT2D eigenvalue weighted by Gasteiger charge is -2.23. The van der Waals surface area contributed by atoms with Crippen molar-refractivity contribution in [3.05, 3.63) is 64.7 Å². The van der Waals surface area contributed by atoms with E-state index in [0.717, 1.165) is 23.3 Å². The summed E-state index contributed by atoms with van der Waals surface area (Å²) < 4.78 is 44.6. The Labute approximate surface area is 262 Å². The predicted octanol–water partition coefficient (Wildman–Crippen LogP) is 1.13. The summed E-state index contributed by atoms with van der Waals surface area (Å²) in [4.78, 5) is 40.6. The predicted molar refractivity (Wildman–Crippen MR) is 165 cm³/mol. The molecule has 0 radical (unpaired) electrons. The normalized spacial score (nSPS) is 15.4. The van der Waals surface area contributed by atoms with E-state index in [1.807, 2.05) is 19.9 Å². The molecule has 1 heterocycles. The van der Waals surface area contributed by atoms with Gasteiger partial charge in [-0.25, -0.2) is 0 Å². The van der Waals surface area contributed by atoms with Crippen molar-refractivity contribution in [2.45, 2.75) is 76.2 Å². The molecule has 0 spiro atoms. The molecule has 2 atom stereocenters. The summed E-state index contributed by atoms with van der Waals surface area (Å²) in [6.07, 6.45) is -3.64. The number of nitrogens with one attached hydrogen (secondary N) is 1. The van der Waals surface area contributed by atoms with Crippen molar-refractivity contribution in [1.82, 2.24) is 10.2 Å². The van der Waals surface area contributed by atoms with Crippen LogP contribution in [0.3, 0.4) is 0 Å². The lowest BCUT2D eigenvalue weighted by molar-refractivity contribution is -0.137. The molecular weight excluding hydrogens is 590 g/mol. The fraction of sp³-hybridized carbons (Fsp3) is 0.516. The molecule has 10 nitrogen and oxygen atoms in total. The molecule has 45 heavy (non-hydrogen) atoms. The number of carbonyl (C=O) groups is 3. The van der Waals surface area contributed by atoms with Crippen LogP contribution in [0.15, 0.2) is 42.5 Å². The van der Waals surface area contributed by atoms with Gasteiger partial charge in [-0.3, -0.25) is 14.4 Å². The number of alkyl halides is 3. The van der Waals surface area contributed by atoms with Crippen LogP contribution < -0.4 is 28.0 Å². The number of fused-ring (bicyclic) bond motifs is 1. The second kappa shape index (κ2) is 15.8. The van der Waals surface area contributed by atoms with E-state index in [2.05, 4.69) is 5.32 Å². The Morgan fingerprint density at radius 2 is 1.60 bits per heavy atom. The number of aryl methyl sites for hydroxylation is 2. The van der Waals surface area contributed by atoms with Gasteiger partial charge in [0.2, 0.25) is 11.8 Å². The third kappa shape index (κ3) is 10.1. The Kier molecular flexibility index (Phi) is 12.7. The van der Waals surface area contributed by atoms with E-state index in [0.29, 0.717) is 30.5 Å². The Balaban J connectivity index is 1.68.